The van der Waals surface area contributed by atoms with Crippen LogP contribution in [0.4, 0.5) is 16.2 Å². The molecule has 0 bridgehead atoms. The Morgan fingerprint density at radius 3 is 2.64 bits per heavy atom. The normalized spacial score (nSPS) is 20.6. The number of aliphatic hydroxyl groups is 1. The van der Waals surface area contributed by atoms with Crippen LogP contribution in [-0.2, 0) is 6.61 Å². The third-order valence-electron chi connectivity index (χ3n) is 5.13. The van der Waals surface area contributed by atoms with Crippen molar-refractivity contribution in [3.63, 3.8) is 0 Å². The number of likely N-dealkylation sites (tertiary alicyclic amines) is 1. The zero-order valence-corrected chi connectivity index (χ0v) is 14.8. The van der Waals surface area contributed by atoms with Gasteiger partial charge in [0, 0.05) is 19.2 Å². The van der Waals surface area contributed by atoms with E-state index in [1.54, 1.807) is 12.1 Å². The van der Waals surface area contributed by atoms with E-state index in [1.165, 1.54) is 11.0 Å². The Bertz CT molecular complexity index is 671. The van der Waals surface area contributed by atoms with Gasteiger partial charge in [0.2, 0.25) is 0 Å². The minimum Gasteiger partial charge on any atom is -0.465 e. The summed E-state index contributed by atoms with van der Waals surface area (Å²) in [6.07, 6.45) is 0.481. The fourth-order valence-electron chi connectivity index (χ4n) is 3.60. The Labute approximate surface area is 146 Å². The molecule has 0 aromatic heterocycles. The SMILES string of the molecule is CC(C)(C)C1(CNc2ccc(CO)cc2[N+](=O)[O-])CCCN1C(=O)O. The van der Waals surface area contributed by atoms with Gasteiger partial charge < -0.3 is 20.4 Å². The van der Waals surface area contributed by atoms with Gasteiger partial charge in [0.15, 0.2) is 0 Å². The average Bonchev–Trinajstić information content (AvgIpc) is 2.98. The van der Waals surface area contributed by atoms with Crippen LogP contribution in [0.15, 0.2) is 18.2 Å². The first kappa shape index (κ1) is 19.0. The summed E-state index contributed by atoms with van der Waals surface area (Å²) in [6.45, 7) is 6.42. The van der Waals surface area contributed by atoms with E-state index < -0.39 is 16.6 Å². The Balaban J connectivity index is 2.34. The molecule has 2 rings (SSSR count). The summed E-state index contributed by atoms with van der Waals surface area (Å²) in [5, 5.41) is 33.2. The van der Waals surface area contributed by atoms with Crippen LogP contribution in [0.3, 0.4) is 0 Å². The standard InChI is InChI=1S/C17H25N3O5/c1-16(2,3)17(7-4-8-19(17)15(22)23)11-18-13-6-5-12(10-21)9-14(13)20(24)25/h5-6,9,18,21H,4,7-8,10-11H2,1-3H3,(H,22,23). The number of aliphatic hydroxyl groups excluding tert-OH is 1. The fourth-order valence-corrected chi connectivity index (χ4v) is 3.60. The molecule has 1 aromatic rings. The van der Waals surface area contributed by atoms with Gasteiger partial charge in [-0.2, -0.15) is 0 Å². The molecule has 25 heavy (non-hydrogen) atoms. The van der Waals surface area contributed by atoms with Crippen LogP contribution in [0.2, 0.25) is 0 Å². The van der Waals surface area contributed by atoms with Crippen molar-refractivity contribution in [3.8, 4) is 0 Å². The van der Waals surface area contributed by atoms with E-state index in [1.807, 2.05) is 20.8 Å². The molecule has 1 aromatic carbocycles. The second-order valence-corrected chi connectivity index (χ2v) is 7.44. The van der Waals surface area contributed by atoms with E-state index >= 15 is 0 Å². The Morgan fingerprint density at radius 1 is 1.44 bits per heavy atom. The molecular formula is C17H25N3O5. The quantitative estimate of drug-likeness (QED) is 0.554. The smallest absolute Gasteiger partial charge is 0.407 e. The summed E-state index contributed by atoms with van der Waals surface area (Å²) in [6, 6.07) is 4.50. The van der Waals surface area contributed by atoms with Crippen molar-refractivity contribution in [1.82, 2.24) is 4.90 Å². The zero-order valence-electron chi connectivity index (χ0n) is 14.8. The largest absolute Gasteiger partial charge is 0.465 e. The van der Waals surface area contributed by atoms with Crippen LogP contribution < -0.4 is 5.32 Å². The predicted octanol–water partition coefficient (Wildman–Crippen LogP) is 3.06. The number of nitrogens with one attached hydrogen (secondary N) is 1. The summed E-state index contributed by atoms with van der Waals surface area (Å²) in [5.41, 5.74) is -0.341. The number of amides is 1. The van der Waals surface area contributed by atoms with Crippen LogP contribution in [0, 0.1) is 15.5 Å². The van der Waals surface area contributed by atoms with Crippen LogP contribution in [0.5, 0.6) is 0 Å². The highest BCUT2D eigenvalue weighted by Gasteiger charge is 2.51. The maximum atomic E-state index is 11.7. The molecule has 1 unspecified atom stereocenters. The zero-order chi connectivity index (χ0) is 18.8. The first-order valence-electron chi connectivity index (χ1n) is 8.25. The van der Waals surface area contributed by atoms with E-state index in [9.17, 15) is 20.0 Å². The maximum absolute atomic E-state index is 11.7. The topological polar surface area (TPSA) is 116 Å². The van der Waals surface area contributed by atoms with Gasteiger partial charge in [-0.15, -0.1) is 0 Å². The number of nitro benzene ring substituents is 1. The molecule has 1 heterocycles. The number of hydrogen-bond acceptors (Lipinski definition) is 5. The van der Waals surface area contributed by atoms with Gasteiger partial charge >= 0.3 is 6.09 Å². The minimum atomic E-state index is -0.973. The van der Waals surface area contributed by atoms with E-state index in [0.717, 1.165) is 6.42 Å². The molecule has 1 amide bonds. The molecule has 1 fully saturated rings. The Morgan fingerprint density at radius 2 is 2.12 bits per heavy atom. The number of carboxylic acid groups (broad SMARTS) is 1. The lowest BCUT2D eigenvalue weighted by molar-refractivity contribution is -0.384. The lowest BCUT2D eigenvalue weighted by Crippen LogP contribution is -2.59. The summed E-state index contributed by atoms with van der Waals surface area (Å²) < 4.78 is 0. The highest BCUT2D eigenvalue weighted by molar-refractivity contribution is 5.68. The molecule has 138 valence electrons. The number of nitrogens with zero attached hydrogens (tertiary/aromatic N) is 2. The van der Waals surface area contributed by atoms with Crippen molar-refractivity contribution >= 4 is 17.5 Å². The third kappa shape index (κ3) is 3.53. The van der Waals surface area contributed by atoms with Gasteiger partial charge in [0.25, 0.3) is 5.69 Å². The summed E-state index contributed by atoms with van der Waals surface area (Å²) in [4.78, 5) is 24.0. The van der Waals surface area contributed by atoms with Gasteiger partial charge in [-0.3, -0.25) is 10.1 Å². The first-order valence-corrected chi connectivity index (χ1v) is 8.25. The van der Waals surface area contributed by atoms with E-state index in [4.69, 9.17) is 5.11 Å². The number of hydrogen-bond donors (Lipinski definition) is 3. The molecule has 0 aliphatic carbocycles. The highest BCUT2D eigenvalue weighted by atomic mass is 16.6. The number of nitro groups is 1. The molecule has 0 spiro atoms. The van der Waals surface area contributed by atoms with Crippen molar-refractivity contribution in [1.29, 1.82) is 0 Å². The van der Waals surface area contributed by atoms with Crippen molar-refractivity contribution < 1.29 is 19.9 Å². The molecule has 8 heteroatoms. The van der Waals surface area contributed by atoms with Crippen molar-refractivity contribution in [2.24, 2.45) is 5.41 Å². The number of anilines is 1. The average molecular weight is 351 g/mol. The molecule has 1 aliphatic rings. The van der Waals surface area contributed by atoms with E-state index in [0.29, 0.717) is 24.2 Å². The lowest BCUT2D eigenvalue weighted by atomic mass is 9.71. The van der Waals surface area contributed by atoms with Gasteiger partial charge in [0.05, 0.1) is 17.1 Å². The lowest BCUT2D eigenvalue weighted by Gasteiger charge is -2.47. The van der Waals surface area contributed by atoms with Crippen LogP contribution in [-0.4, -0.2) is 44.8 Å². The van der Waals surface area contributed by atoms with E-state index in [-0.39, 0.29) is 24.3 Å². The molecule has 3 N–H and O–H groups in total. The maximum Gasteiger partial charge on any atom is 0.407 e. The number of benzene rings is 1. The Kier molecular flexibility index (Phi) is 5.22. The van der Waals surface area contributed by atoms with Crippen molar-refractivity contribution in [3.05, 3.63) is 33.9 Å². The summed E-state index contributed by atoms with van der Waals surface area (Å²) in [7, 11) is 0. The van der Waals surface area contributed by atoms with Crippen LogP contribution >= 0.6 is 0 Å². The summed E-state index contributed by atoms with van der Waals surface area (Å²) >= 11 is 0. The van der Waals surface area contributed by atoms with Gasteiger partial charge in [0.1, 0.15) is 5.69 Å². The molecule has 1 aliphatic heterocycles. The molecule has 1 saturated heterocycles. The predicted molar refractivity (Wildman–Crippen MR) is 93.7 cm³/mol. The molecule has 0 radical (unpaired) electrons. The number of rotatable bonds is 5. The van der Waals surface area contributed by atoms with Gasteiger partial charge in [-0.25, -0.2) is 4.79 Å². The molecule has 1 atom stereocenters. The molecule has 8 nitrogen and oxygen atoms in total. The number of carbonyl (C=O) groups is 1. The van der Waals surface area contributed by atoms with Crippen LogP contribution in [0.25, 0.3) is 0 Å². The molecular weight excluding hydrogens is 326 g/mol. The highest BCUT2D eigenvalue weighted by Crippen LogP contribution is 2.44. The second kappa shape index (κ2) is 6.87. The summed E-state index contributed by atoms with van der Waals surface area (Å²) in [5.74, 6) is 0. The van der Waals surface area contributed by atoms with Crippen molar-refractivity contribution in [2.75, 3.05) is 18.4 Å². The van der Waals surface area contributed by atoms with Crippen molar-refractivity contribution in [2.45, 2.75) is 45.8 Å². The monoisotopic (exact) mass is 351 g/mol. The fraction of sp³-hybridized carbons (Fsp3) is 0.588. The van der Waals surface area contributed by atoms with Gasteiger partial charge in [-0.1, -0.05) is 26.8 Å². The molecule has 0 saturated carbocycles. The first-order chi connectivity index (χ1) is 11.6. The Hall–Kier alpha value is -2.35. The van der Waals surface area contributed by atoms with Gasteiger partial charge in [-0.05, 0) is 29.9 Å². The second-order valence-electron chi connectivity index (χ2n) is 7.44. The third-order valence-corrected chi connectivity index (χ3v) is 5.13. The van der Waals surface area contributed by atoms with Crippen LogP contribution in [0.1, 0.15) is 39.2 Å². The van der Waals surface area contributed by atoms with E-state index in [2.05, 4.69) is 5.32 Å². The minimum absolute atomic E-state index is 0.129.